The fourth-order valence-electron chi connectivity index (χ4n) is 5.02. The second kappa shape index (κ2) is 12.7. The number of fused-ring (bicyclic) bond motifs is 1. The van der Waals surface area contributed by atoms with E-state index in [-0.39, 0.29) is 18.0 Å². The van der Waals surface area contributed by atoms with Crippen molar-refractivity contribution in [3.05, 3.63) is 36.4 Å². The molecule has 0 bridgehead atoms. The van der Waals surface area contributed by atoms with Crippen molar-refractivity contribution in [1.82, 2.24) is 10.0 Å². The standard InChI is InChI=1S/C26H41N3O4SSi/c1-29(2)24-14-10-13-23-22(24)12-11-15-25(23)34(31,32)28-17-16-27-26(30)33-18-6-9-21-35(3)19-7-4-5-8-20-35/h10-15,28H,4-9,16-21H2,1-3H3,(H,27,30). The van der Waals surface area contributed by atoms with Crippen molar-refractivity contribution >= 4 is 40.7 Å². The molecule has 2 N–H and O–H groups in total. The van der Waals surface area contributed by atoms with E-state index in [1.165, 1.54) is 43.8 Å². The highest BCUT2D eigenvalue weighted by Gasteiger charge is 2.27. The zero-order valence-corrected chi connectivity index (χ0v) is 23.3. The van der Waals surface area contributed by atoms with Crippen LogP contribution in [0.2, 0.25) is 24.7 Å². The number of nitrogens with zero attached hydrogens (tertiary/aromatic N) is 1. The summed E-state index contributed by atoms with van der Waals surface area (Å²) >= 11 is 0. The third-order valence-corrected chi connectivity index (χ3v) is 13.2. The van der Waals surface area contributed by atoms with Crippen molar-refractivity contribution in [2.45, 2.75) is 68.1 Å². The minimum atomic E-state index is -3.73. The van der Waals surface area contributed by atoms with Crippen molar-refractivity contribution in [1.29, 1.82) is 0 Å². The number of sulfonamides is 1. The van der Waals surface area contributed by atoms with Gasteiger partial charge in [-0.3, -0.25) is 0 Å². The lowest BCUT2D eigenvalue weighted by Crippen LogP contribution is -2.35. The lowest BCUT2D eigenvalue weighted by atomic mass is 10.1. The van der Waals surface area contributed by atoms with Crippen LogP contribution in [0, 0.1) is 0 Å². The van der Waals surface area contributed by atoms with Crippen molar-refractivity contribution in [3.8, 4) is 0 Å². The highest BCUT2D eigenvalue weighted by Crippen LogP contribution is 2.32. The number of carbonyl (C=O) groups excluding carboxylic acids is 1. The highest BCUT2D eigenvalue weighted by molar-refractivity contribution is 7.89. The van der Waals surface area contributed by atoms with Crippen LogP contribution >= 0.6 is 0 Å². The molecule has 0 saturated carbocycles. The number of alkyl carbamates (subject to hydrolysis) is 1. The normalized spacial score (nSPS) is 16.0. The van der Waals surface area contributed by atoms with Crippen LogP contribution in [0.5, 0.6) is 0 Å². The van der Waals surface area contributed by atoms with Crippen LogP contribution in [-0.4, -0.2) is 56.4 Å². The molecule has 0 aromatic heterocycles. The Bertz CT molecular complexity index is 1080. The maximum atomic E-state index is 12.9. The number of anilines is 1. The van der Waals surface area contributed by atoms with Crippen molar-refractivity contribution in [2.75, 3.05) is 38.7 Å². The van der Waals surface area contributed by atoms with E-state index in [1.807, 2.05) is 43.3 Å². The molecular weight excluding hydrogens is 478 g/mol. The Labute approximate surface area is 211 Å². The van der Waals surface area contributed by atoms with Gasteiger partial charge in [-0.25, -0.2) is 17.9 Å². The van der Waals surface area contributed by atoms with Crippen LogP contribution in [-0.2, 0) is 14.8 Å². The average Bonchev–Trinajstić information content (AvgIpc) is 3.05. The lowest BCUT2D eigenvalue weighted by Gasteiger charge is -2.25. The summed E-state index contributed by atoms with van der Waals surface area (Å²) in [6.07, 6.45) is 7.08. The summed E-state index contributed by atoms with van der Waals surface area (Å²) in [7, 11) is -0.955. The fourth-order valence-corrected chi connectivity index (χ4v) is 10.3. The molecular formula is C26H41N3O4SSi. The number of amides is 1. The molecule has 1 heterocycles. The van der Waals surface area contributed by atoms with E-state index in [0.717, 1.165) is 23.9 Å². The minimum absolute atomic E-state index is 0.0884. The van der Waals surface area contributed by atoms with Crippen LogP contribution in [0.25, 0.3) is 10.8 Å². The topological polar surface area (TPSA) is 87.7 Å². The van der Waals surface area contributed by atoms with Crippen molar-refractivity contribution < 1.29 is 17.9 Å². The third-order valence-electron chi connectivity index (χ3n) is 7.04. The number of carbonyl (C=O) groups is 1. The molecule has 0 atom stereocenters. The van der Waals surface area contributed by atoms with Crippen LogP contribution in [0.3, 0.4) is 0 Å². The molecule has 0 unspecified atom stereocenters. The molecule has 2 aromatic carbocycles. The Morgan fingerprint density at radius 1 is 0.971 bits per heavy atom. The molecule has 0 radical (unpaired) electrons. The van der Waals surface area contributed by atoms with Gasteiger partial charge in [-0.05, 0) is 18.6 Å². The number of ether oxygens (including phenoxy) is 1. The van der Waals surface area contributed by atoms with Gasteiger partial charge in [0, 0.05) is 43.6 Å². The summed E-state index contributed by atoms with van der Waals surface area (Å²) < 4.78 is 33.7. The third kappa shape index (κ3) is 7.95. The number of nitrogens with one attached hydrogen (secondary N) is 2. The smallest absolute Gasteiger partial charge is 0.407 e. The van der Waals surface area contributed by atoms with E-state index in [4.69, 9.17) is 4.74 Å². The second-order valence-electron chi connectivity index (χ2n) is 10.2. The molecule has 1 saturated heterocycles. The van der Waals surface area contributed by atoms with Crippen LogP contribution in [0.1, 0.15) is 38.5 Å². The van der Waals surface area contributed by atoms with Gasteiger partial charge in [0.1, 0.15) is 0 Å². The summed E-state index contributed by atoms with van der Waals surface area (Å²) in [6, 6.07) is 15.1. The van der Waals surface area contributed by atoms with E-state index >= 15 is 0 Å². The van der Waals surface area contributed by atoms with E-state index in [0.29, 0.717) is 12.0 Å². The average molecular weight is 520 g/mol. The van der Waals surface area contributed by atoms with Gasteiger partial charge < -0.3 is 15.0 Å². The van der Waals surface area contributed by atoms with E-state index < -0.39 is 24.2 Å². The first-order valence-electron chi connectivity index (χ1n) is 12.8. The Morgan fingerprint density at radius 2 is 1.66 bits per heavy atom. The first kappa shape index (κ1) is 27.5. The fraction of sp³-hybridized carbons (Fsp3) is 0.577. The van der Waals surface area contributed by atoms with Gasteiger partial charge in [0.25, 0.3) is 0 Å². The minimum Gasteiger partial charge on any atom is -0.450 e. The van der Waals surface area contributed by atoms with Crippen molar-refractivity contribution in [3.63, 3.8) is 0 Å². The Balaban J connectivity index is 1.39. The van der Waals surface area contributed by atoms with Gasteiger partial charge in [0.15, 0.2) is 0 Å². The van der Waals surface area contributed by atoms with E-state index in [2.05, 4.69) is 16.6 Å². The van der Waals surface area contributed by atoms with Gasteiger partial charge in [0.05, 0.1) is 19.6 Å². The molecule has 9 heteroatoms. The SMILES string of the molecule is CN(C)c1cccc2c(S(=O)(=O)NCCNC(=O)OCCCC[Si]3(C)CCCCCC3)cccc12. The number of rotatable bonds is 11. The first-order chi connectivity index (χ1) is 16.7. The first-order valence-corrected chi connectivity index (χ1v) is 17.4. The van der Waals surface area contributed by atoms with E-state index in [1.54, 1.807) is 12.1 Å². The number of unbranched alkanes of at least 4 members (excludes halogenated alkanes) is 1. The van der Waals surface area contributed by atoms with E-state index in [9.17, 15) is 13.2 Å². The molecule has 1 amide bonds. The van der Waals surface area contributed by atoms with Crippen LogP contribution < -0.4 is 14.9 Å². The monoisotopic (exact) mass is 519 g/mol. The summed E-state index contributed by atoms with van der Waals surface area (Å²) in [5, 5.41) is 4.18. The maximum Gasteiger partial charge on any atom is 0.407 e. The molecule has 1 fully saturated rings. The quantitative estimate of drug-likeness (QED) is 0.309. The zero-order valence-electron chi connectivity index (χ0n) is 21.4. The van der Waals surface area contributed by atoms with Crippen LogP contribution in [0.15, 0.2) is 41.3 Å². The Kier molecular flexibility index (Phi) is 10.0. The number of benzene rings is 2. The summed E-state index contributed by atoms with van der Waals surface area (Å²) in [5.41, 5.74) is 0.953. The molecule has 0 aliphatic carbocycles. The summed E-state index contributed by atoms with van der Waals surface area (Å²) in [5.74, 6) is 0. The van der Waals surface area contributed by atoms with Gasteiger partial charge >= 0.3 is 6.09 Å². The lowest BCUT2D eigenvalue weighted by molar-refractivity contribution is 0.144. The molecule has 0 spiro atoms. The van der Waals surface area contributed by atoms with Crippen molar-refractivity contribution in [2.24, 2.45) is 0 Å². The molecule has 3 rings (SSSR count). The van der Waals surface area contributed by atoms with Gasteiger partial charge in [-0.2, -0.15) is 0 Å². The molecule has 2 aromatic rings. The van der Waals surface area contributed by atoms with Gasteiger partial charge in [-0.15, -0.1) is 0 Å². The van der Waals surface area contributed by atoms with Gasteiger partial charge in [0.2, 0.25) is 10.0 Å². The van der Waals surface area contributed by atoms with Gasteiger partial charge in [-0.1, -0.05) is 81.0 Å². The number of hydrogen-bond acceptors (Lipinski definition) is 5. The predicted molar refractivity (Wildman–Crippen MR) is 147 cm³/mol. The van der Waals surface area contributed by atoms with Crippen LogP contribution in [0.4, 0.5) is 10.5 Å². The Hall–Kier alpha value is -2.10. The molecule has 7 nitrogen and oxygen atoms in total. The summed E-state index contributed by atoms with van der Waals surface area (Å²) in [4.78, 5) is 14.2. The molecule has 194 valence electrons. The molecule has 1 aliphatic heterocycles. The summed E-state index contributed by atoms with van der Waals surface area (Å²) in [6.45, 7) is 3.19. The highest BCUT2D eigenvalue weighted by atomic mass is 32.2. The predicted octanol–water partition coefficient (Wildman–Crippen LogP) is 5.34. The zero-order chi connectivity index (χ0) is 25.3. The largest absolute Gasteiger partial charge is 0.450 e. The maximum absolute atomic E-state index is 12.9. The molecule has 1 aliphatic rings. The second-order valence-corrected chi connectivity index (χ2v) is 17.0. The Morgan fingerprint density at radius 3 is 2.37 bits per heavy atom. The molecule has 35 heavy (non-hydrogen) atoms. The number of hydrogen-bond donors (Lipinski definition) is 2.